The minimum atomic E-state index is -0.607. The van der Waals surface area contributed by atoms with Crippen molar-refractivity contribution in [3.05, 3.63) is 92.6 Å². The van der Waals surface area contributed by atoms with E-state index in [1.54, 1.807) is 54.6 Å². The van der Waals surface area contributed by atoms with E-state index in [-0.39, 0.29) is 33.7 Å². The summed E-state index contributed by atoms with van der Waals surface area (Å²) in [6.07, 6.45) is 0. The first-order valence-electron chi connectivity index (χ1n) is 10.0. The van der Waals surface area contributed by atoms with Crippen LogP contribution in [0, 0.1) is 0 Å². The third-order valence-electron chi connectivity index (χ3n) is 4.88. The third kappa shape index (κ3) is 4.76. The fourth-order valence-electron chi connectivity index (χ4n) is 3.31. The van der Waals surface area contributed by atoms with Crippen LogP contribution in [0.4, 0.5) is 5.69 Å². The molecule has 7 nitrogen and oxygen atoms in total. The standard InChI is InChI=1S/C25H17Cl2NO6/c1-32-25(31)16-7-3-5-9-19(16)28-21(29)13-33-24-22(30)17-12-14(26)10-11-20(17)34-23(24)15-6-2-4-8-18(15)27/h2-12H,13H2,1H3,(H,28,29). The number of hydrogen-bond donors (Lipinski definition) is 1. The Morgan fingerprint density at radius 3 is 2.50 bits per heavy atom. The van der Waals surface area contributed by atoms with E-state index in [1.165, 1.54) is 19.2 Å². The lowest BCUT2D eigenvalue weighted by Crippen LogP contribution is -2.23. The van der Waals surface area contributed by atoms with Gasteiger partial charge in [0.05, 0.1) is 28.8 Å². The summed E-state index contributed by atoms with van der Waals surface area (Å²) in [5.41, 5.74) is 0.612. The Morgan fingerprint density at radius 2 is 1.74 bits per heavy atom. The number of nitrogens with one attached hydrogen (secondary N) is 1. The minimum Gasteiger partial charge on any atom is -0.476 e. The molecule has 0 unspecified atom stereocenters. The number of para-hydroxylation sites is 1. The summed E-state index contributed by atoms with van der Waals surface area (Å²) in [4.78, 5) is 37.8. The number of anilines is 1. The summed E-state index contributed by atoms with van der Waals surface area (Å²) >= 11 is 12.4. The first kappa shape index (κ1) is 23.4. The topological polar surface area (TPSA) is 94.8 Å². The van der Waals surface area contributed by atoms with Crippen LogP contribution in [0.3, 0.4) is 0 Å². The SMILES string of the molecule is COC(=O)c1ccccc1NC(=O)COc1c(-c2ccccc2Cl)oc2ccc(Cl)cc2c1=O. The number of esters is 1. The molecule has 1 aromatic heterocycles. The van der Waals surface area contributed by atoms with Gasteiger partial charge >= 0.3 is 5.97 Å². The van der Waals surface area contributed by atoms with Gasteiger partial charge < -0.3 is 19.2 Å². The largest absolute Gasteiger partial charge is 0.476 e. The predicted molar refractivity (Wildman–Crippen MR) is 130 cm³/mol. The van der Waals surface area contributed by atoms with Crippen LogP contribution in [0.5, 0.6) is 5.75 Å². The second kappa shape index (κ2) is 9.99. The Labute approximate surface area is 203 Å². The van der Waals surface area contributed by atoms with E-state index in [0.717, 1.165) is 0 Å². The summed E-state index contributed by atoms with van der Waals surface area (Å²) in [6.45, 7) is -0.538. The quantitative estimate of drug-likeness (QED) is 0.350. The monoisotopic (exact) mass is 497 g/mol. The molecule has 1 heterocycles. The number of methoxy groups -OCH3 is 1. The van der Waals surface area contributed by atoms with Gasteiger partial charge in [-0.25, -0.2) is 4.79 Å². The zero-order valence-electron chi connectivity index (χ0n) is 17.8. The number of halogens is 2. The van der Waals surface area contributed by atoms with Gasteiger partial charge in [0, 0.05) is 10.6 Å². The van der Waals surface area contributed by atoms with Crippen molar-refractivity contribution < 1.29 is 23.5 Å². The lowest BCUT2D eigenvalue weighted by Gasteiger charge is -2.13. The average Bonchev–Trinajstić information content (AvgIpc) is 2.84. The third-order valence-corrected chi connectivity index (χ3v) is 5.45. The molecule has 34 heavy (non-hydrogen) atoms. The molecule has 172 valence electrons. The summed E-state index contributed by atoms with van der Waals surface area (Å²) < 4.78 is 16.3. The van der Waals surface area contributed by atoms with Crippen molar-refractivity contribution in [3.8, 4) is 17.1 Å². The normalized spacial score (nSPS) is 10.7. The Morgan fingerprint density at radius 1 is 1.00 bits per heavy atom. The number of carbonyl (C=O) groups excluding carboxylic acids is 2. The lowest BCUT2D eigenvalue weighted by molar-refractivity contribution is -0.118. The van der Waals surface area contributed by atoms with E-state index in [2.05, 4.69) is 5.32 Å². The van der Waals surface area contributed by atoms with E-state index < -0.39 is 23.9 Å². The van der Waals surface area contributed by atoms with Crippen molar-refractivity contribution in [2.75, 3.05) is 19.0 Å². The van der Waals surface area contributed by atoms with Crippen molar-refractivity contribution in [2.24, 2.45) is 0 Å². The molecule has 0 aliphatic carbocycles. The predicted octanol–water partition coefficient (Wildman–Crippen LogP) is 5.57. The van der Waals surface area contributed by atoms with Gasteiger partial charge in [0.2, 0.25) is 11.2 Å². The Kier molecular flexibility index (Phi) is 6.86. The smallest absolute Gasteiger partial charge is 0.339 e. The van der Waals surface area contributed by atoms with Crippen molar-refractivity contribution in [2.45, 2.75) is 0 Å². The Balaban J connectivity index is 1.69. The number of carbonyl (C=O) groups is 2. The number of fused-ring (bicyclic) bond motifs is 1. The van der Waals surface area contributed by atoms with E-state index in [9.17, 15) is 14.4 Å². The van der Waals surface area contributed by atoms with Crippen LogP contribution in [-0.2, 0) is 9.53 Å². The Bertz CT molecular complexity index is 1460. The molecule has 0 radical (unpaired) electrons. The van der Waals surface area contributed by atoms with Crippen LogP contribution in [0.25, 0.3) is 22.3 Å². The van der Waals surface area contributed by atoms with Gasteiger partial charge in [-0.05, 0) is 42.5 Å². The molecule has 9 heteroatoms. The van der Waals surface area contributed by atoms with Crippen molar-refractivity contribution >= 4 is 51.7 Å². The molecule has 0 aliphatic rings. The minimum absolute atomic E-state index is 0.0770. The second-order valence-electron chi connectivity index (χ2n) is 7.08. The molecular formula is C25H17Cl2NO6. The molecule has 1 N–H and O–H groups in total. The van der Waals surface area contributed by atoms with E-state index >= 15 is 0 Å². The first-order chi connectivity index (χ1) is 16.4. The van der Waals surface area contributed by atoms with Gasteiger partial charge in [-0.1, -0.05) is 47.5 Å². The molecular weight excluding hydrogens is 481 g/mol. The van der Waals surface area contributed by atoms with Gasteiger partial charge in [-0.2, -0.15) is 0 Å². The average molecular weight is 498 g/mol. The van der Waals surface area contributed by atoms with E-state index in [4.69, 9.17) is 37.1 Å². The van der Waals surface area contributed by atoms with Gasteiger partial charge in [-0.3, -0.25) is 9.59 Å². The molecule has 0 saturated carbocycles. The van der Waals surface area contributed by atoms with Gasteiger partial charge in [0.25, 0.3) is 5.91 Å². The molecule has 0 bridgehead atoms. The summed E-state index contributed by atoms with van der Waals surface area (Å²) in [5.74, 6) is -1.33. The highest BCUT2D eigenvalue weighted by Gasteiger charge is 2.21. The molecule has 3 aromatic carbocycles. The van der Waals surface area contributed by atoms with Crippen LogP contribution in [0.1, 0.15) is 10.4 Å². The van der Waals surface area contributed by atoms with E-state index in [1.807, 2.05) is 0 Å². The van der Waals surface area contributed by atoms with Crippen molar-refractivity contribution in [1.82, 2.24) is 0 Å². The molecule has 4 rings (SSSR count). The molecule has 0 aliphatic heterocycles. The maximum absolute atomic E-state index is 13.3. The number of ether oxygens (including phenoxy) is 2. The zero-order chi connectivity index (χ0) is 24.2. The lowest BCUT2D eigenvalue weighted by atomic mass is 10.1. The number of rotatable bonds is 6. The summed E-state index contributed by atoms with van der Waals surface area (Å²) in [5, 5.41) is 3.45. The maximum atomic E-state index is 13.3. The van der Waals surface area contributed by atoms with Crippen LogP contribution < -0.4 is 15.5 Å². The summed E-state index contributed by atoms with van der Waals surface area (Å²) in [6, 6.07) is 17.7. The number of benzene rings is 3. The van der Waals surface area contributed by atoms with Crippen LogP contribution in [0.2, 0.25) is 10.0 Å². The summed E-state index contributed by atoms with van der Waals surface area (Å²) in [7, 11) is 1.24. The van der Waals surface area contributed by atoms with Gasteiger partial charge in [0.15, 0.2) is 12.4 Å². The van der Waals surface area contributed by atoms with Crippen LogP contribution in [0.15, 0.2) is 75.9 Å². The van der Waals surface area contributed by atoms with Crippen molar-refractivity contribution in [3.63, 3.8) is 0 Å². The number of hydrogen-bond acceptors (Lipinski definition) is 6. The zero-order valence-corrected chi connectivity index (χ0v) is 19.3. The first-order valence-corrected chi connectivity index (χ1v) is 10.8. The fraction of sp³-hybridized carbons (Fsp3) is 0.0800. The highest BCUT2D eigenvalue weighted by Crippen LogP contribution is 2.35. The Hall–Kier alpha value is -3.81. The van der Waals surface area contributed by atoms with Crippen LogP contribution >= 0.6 is 23.2 Å². The van der Waals surface area contributed by atoms with Gasteiger partial charge in [0.1, 0.15) is 5.58 Å². The van der Waals surface area contributed by atoms with Gasteiger partial charge in [-0.15, -0.1) is 0 Å². The van der Waals surface area contributed by atoms with E-state index in [0.29, 0.717) is 15.6 Å². The molecule has 4 aromatic rings. The molecule has 0 atom stereocenters. The molecule has 0 fully saturated rings. The maximum Gasteiger partial charge on any atom is 0.339 e. The fourth-order valence-corrected chi connectivity index (χ4v) is 3.70. The van der Waals surface area contributed by atoms with Crippen LogP contribution in [-0.4, -0.2) is 25.6 Å². The highest BCUT2D eigenvalue weighted by molar-refractivity contribution is 6.33. The second-order valence-corrected chi connectivity index (χ2v) is 7.93. The molecule has 1 amide bonds. The molecule has 0 spiro atoms. The molecule has 0 saturated heterocycles. The van der Waals surface area contributed by atoms with Crippen molar-refractivity contribution in [1.29, 1.82) is 0 Å². The highest BCUT2D eigenvalue weighted by atomic mass is 35.5. The number of amides is 1.